The van der Waals surface area contributed by atoms with Crippen molar-refractivity contribution in [3.05, 3.63) is 120 Å². The number of ether oxygens (including phenoxy) is 3. The zero-order chi connectivity index (χ0) is 33.0. The summed E-state index contributed by atoms with van der Waals surface area (Å²) in [6.07, 6.45) is 3.23. The van der Waals surface area contributed by atoms with Gasteiger partial charge < -0.3 is 29.2 Å². The zero-order valence-electron chi connectivity index (χ0n) is 26.5. The fraction of sp³-hybridized carbons (Fsp3) is 0.324. The number of para-hydroxylation sites is 1. The van der Waals surface area contributed by atoms with Crippen LogP contribution < -0.4 is 19.1 Å². The maximum Gasteiger partial charge on any atom is 0.338 e. The molecule has 10 heteroatoms. The Hall–Kier alpha value is -4.22. The monoisotopic (exact) mass is 657 g/mol. The van der Waals surface area contributed by atoms with Gasteiger partial charge in [-0.1, -0.05) is 60.7 Å². The number of anilines is 2. The Morgan fingerprint density at radius 1 is 0.936 bits per heavy atom. The van der Waals surface area contributed by atoms with E-state index in [0.717, 1.165) is 35.6 Å². The van der Waals surface area contributed by atoms with Gasteiger partial charge in [0.25, 0.3) is 0 Å². The minimum atomic E-state index is -2.64. The van der Waals surface area contributed by atoms with Gasteiger partial charge in [0.2, 0.25) is 0 Å². The van der Waals surface area contributed by atoms with Crippen molar-refractivity contribution in [2.45, 2.75) is 57.3 Å². The smallest absolute Gasteiger partial charge is 0.338 e. The molecule has 47 heavy (non-hydrogen) atoms. The first-order chi connectivity index (χ1) is 22.9. The molecule has 5 rings (SSSR count). The average Bonchev–Trinajstić information content (AvgIpc) is 3.10. The number of nitrogens with one attached hydrogen (secondary N) is 1. The Labute approximate surface area is 278 Å². The van der Waals surface area contributed by atoms with Crippen molar-refractivity contribution >= 4 is 28.6 Å². The average molecular weight is 658 g/mol. The van der Waals surface area contributed by atoms with Crippen LogP contribution in [0, 0.1) is 0 Å². The number of aliphatic hydroxyl groups excluding tert-OH is 1. The molecular weight excluding hydrogens is 616 g/mol. The Kier molecular flexibility index (Phi) is 12.4. The van der Waals surface area contributed by atoms with E-state index in [1.807, 2.05) is 60.7 Å². The maximum absolute atomic E-state index is 12.5. The van der Waals surface area contributed by atoms with Crippen LogP contribution in [-0.4, -0.2) is 51.7 Å². The van der Waals surface area contributed by atoms with Gasteiger partial charge in [-0.2, -0.15) is 0 Å². The van der Waals surface area contributed by atoms with Gasteiger partial charge in [0, 0.05) is 18.7 Å². The number of hydrogen-bond donors (Lipinski definition) is 2. The number of aliphatic hydroxyl groups is 1. The molecule has 0 spiro atoms. The molecule has 1 fully saturated rings. The van der Waals surface area contributed by atoms with Crippen molar-refractivity contribution in [1.29, 1.82) is 0 Å². The molecule has 0 heterocycles. The number of carbonyl (C=O) groups is 1. The normalized spacial score (nSPS) is 17.3. The van der Waals surface area contributed by atoms with E-state index < -0.39 is 17.4 Å². The molecule has 1 aliphatic carbocycles. The second kappa shape index (κ2) is 17.1. The highest BCUT2D eigenvalue weighted by Crippen LogP contribution is 2.38. The van der Waals surface area contributed by atoms with Gasteiger partial charge in [-0.05, 0) is 86.1 Å². The van der Waals surface area contributed by atoms with E-state index in [-0.39, 0.29) is 19.2 Å². The van der Waals surface area contributed by atoms with Gasteiger partial charge in [-0.3, -0.25) is 8.51 Å². The number of carbonyl (C=O) groups excluding carboxylic acids is 1. The molecule has 1 unspecified atom stereocenters. The summed E-state index contributed by atoms with van der Waals surface area (Å²) in [4.78, 5) is 11.9. The van der Waals surface area contributed by atoms with Gasteiger partial charge in [-0.15, -0.1) is 0 Å². The summed E-state index contributed by atoms with van der Waals surface area (Å²) in [5, 5.41) is 14.2. The van der Waals surface area contributed by atoms with Crippen molar-refractivity contribution in [3.8, 4) is 11.5 Å². The van der Waals surface area contributed by atoms with Gasteiger partial charge >= 0.3 is 5.97 Å². The number of rotatable bonds is 15. The van der Waals surface area contributed by atoms with Crippen LogP contribution in [0.25, 0.3) is 0 Å². The molecule has 0 amide bonds. The summed E-state index contributed by atoms with van der Waals surface area (Å²) in [5.74, 6) is 0.923. The SMILES string of the molecule is CCOC(=O)c1ccc(C2CCC(NC[C@H](O)COc3ccc(OCc4ccccc4)c(N(c4ccccc4)S(=O)[O-])c3)CC2)cc1. The van der Waals surface area contributed by atoms with Crippen LogP contribution >= 0.6 is 0 Å². The summed E-state index contributed by atoms with van der Waals surface area (Å²) in [6, 6.07) is 31.4. The molecule has 0 radical (unpaired) electrons. The first-order valence-corrected chi connectivity index (χ1v) is 17.0. The third-order valence-corrected chi connectivity index (χ3v) is 8.94. The van der Waals surface area contributed by atoms with Crippen LogP contribution in [0.5, 0.6) is 11.5 Å². The van der Waals surface area contributed by atoms with Gasteiger partial charge in [0.1, 0.15) is 30.8 Å². The van der Waals surface area contributed by atoms with E-state index in [9.17, 15) is 18.7 Å². The standard InChI is InChI=1S/C37H42N2O7S/c1-2-44-37(41)30-15-13-28(14-16-30)29-17-19-31(20-18-29)38-24-33(40)26-45-34-21-22-36(46-25-27-9-5-3-6-10-27)35(23-34)39(47(42)43)32-11-7-4-8-12-32/h3-16,21-23,29,31,33,38,40H,2,17-20,24-26H2,1H3,(H,42,43)/p-1/t29?,31?,33-/m0/s1. The minimum Gasteiger partial charge on any atom is -0.755 e. The Morgan fingerprint density at radius 3 is 2.28 bits per heavy atom. The highest BCUT2D eigenvalue weighted by atomic mass is 32.2. The van der Waals surface area contributed by atoms with Crippen LogP contribution in [0.15, 0.2) is 103 Å². The lowest BCUT2D eigenvalue weighted by atomic mass is 9.81. The molecular formula is C37H41N2O7S-. The largest absolute Gasteiger partial charge is 0.755 e. The molecule has 2 atom stereocenters. The predicted molar refractivity (Wildman–Crippen MR) is 182 cm³/mol. The number of esters is 1. The third-order valence-electron chi connectivity index (χ3n) is 8.23. The van der Waals surface area contributed by atoms with Crippen molar-refractivity contribution in [1.82, 2.24) is 5.32 Å². The maximum atomic E-state index is 12.5. The van der Waals surface area contributed by atoms with Gasteiger partial charge in [0.05, 0.1) is 34.8 Å². The van der Waals surface area contributed by atoms with Gasteiger partial charge in [0.15, 0.2) is 0 Å². The molecule has 1 aliphatic rings. The molecule has 9 nitrogen and oxygen atoms in total. The van der Waals surface area contributed by atoms with E-state index in [0.29, 0.717) is 53.5 Å². The molecule has 0 aromatic heterocycles. The van der Waals surface area contributed by atoms with Crippen LogP contribution in [-0.2, 0) is 22.6 Å². The van der Waals surface area contributed by atoms with Crippen LogP contribution in [0.4, 0.5) is 11.4 Å². The lowest BCUT2D eigenvalue weighted by Crippen LogP contribution is -2.39. The summed E-state index contributed by atoms with van der Waals surface area (Å²) in [7, 11) is 0. The molecule has 1 saturated carbocycles. The van der Waals surface area contributed by atoms with E-state index in [1.165, 1.54) is 5.56 Å². The Balaban J connectivity index is 1.15. The predicted octanol–water partition coefficient (Wildman–Crippen LogP) is 6.43. The molecule has 248 valence electrons. The lowest BCUT2D eigenvalue weighted by molar-refractivity contribution is 0.0526. The first kappa shape index (κ1) is 34.1. The van der Waals surface area contributed by atoms with Crippen LogP contribution in [0.3, 0.4) is 0 Å². The second-order valence-electron chi connectivity index (χ2n) is 11.5. The zero-order valence-corrected chi connectivity index (χ0v) is 27.3. The van der Waals surface area contributed by atoms with Crippen LogP contribution in [0.1, 0.15) is 60.0 Å². The Morgan fingerprint density at radius 2 is 1.62 bits per heavy atom. The van der Waals surface area contributed by atoms with Crippen molar-refractivity contribution < 1.29 is 32.9 Å². The first-order valence-electron chi connectivity index (χ1n) is 16.0. The van der Waals surface area contributed by atoms with Crippen molar-refractivity contribution in [2.24, 2.45) is 0 Å². The summed E-state index contributed by atoms with van der Waals surface area (Å²) >= 11 is -2.64. The highest BCUT2D eigenvalue weighted by Gasteiger charge is 2.23. The molecule has 0 bridgehead atoms. The Bertz CT molecular complexity index is 1580. The van der Waals surface area contributed by atoms with E-state index in [2.05, 4.69) is 5.32 Å². The molecule has 0 saturated heterocycles. The summed E-state index contributed by atoms with van der Waals surface area (Å²) < 4.78 is 43.2. The van der Waals surface area contributed by atoms with E-state index >= 15 is 0 Å². The van der Waals surface area contributed by atoms with E-state index in [4.69, 9.17) is 14.2 Å². The summed E-state index contributed by atoms with van der Waals surface area (Å²) in [5.41, 5.74) is 3.50. The quantitative estimate of drug-likeness (QED) is 0.111. The molecule has 4 aromatic carbocycles. The fourth-order valence-corrected chi connectivity index (χ4v) is 6.36. The lowest BCUT2D eigenvalue weighted by Gasteiger charge is -2.30. The topological polar surface area (TPSA) is 120 Å². The number of benzene rings is 4. The molecule has 4 aromatic rings. The minimum absolute atomic E-state index is 0.0324. The molecule has 0 aliphatic heterocycles. The van der Waals surface area contributed by atoms with E-state index in [1.54, 1.807) is 49.4 Å². The van der Waals surface area contributed by atoms with Crippen LogP contribution in [0.2, 0.25) is 0 Å². The second-order valence-corrected chi connectivity index (χ2v) is 12.3. The number of hydrogen-bond acceptors (Lipinski definition) is 8. The van der Waals surface area contributed by atoms with Crippen molar-refractivity contribution in [2.75, 3.05) is 24.1 Å². The molecule has 2 N–H and O–H groups in total. The third kappa shape index (κ3) is 9.65. The fourth-order valence-electron chi connectivity index (χ4n) is 5.76. The number of nitrogens with zero attached hydrogens (tertiary/aromatic N) is 1. The highest BCUT2D eigenvalue weighted by molar-refractivity contribution is 7.81. The van der Waals surface area contributed by atoms with Gasteiger partial charge in [-0.25, -0.2) is 4.79 Å². The summed E-state index contributed by atoms with van der Waals surface area (Å²) in [6.45, 7) is 2.82. The van der Waals surface area contributed by atoms with Crippen molar-refractivity contribution in [3.63, 3.8) is 0 Å².